The van der Waals surface area contributed by atoms with E-state index in [0.717, 1.165) is 23.4 Å². The molecule has 2 heterocycles. The highest BCUT2D eigenvalue weighted by molar-refractivity contribution is 7.15. The molecule has 0 bridgehead atoms. The average molecular weight is 302 g/mol. The van der Waals surface area contributed by atoms with Crippen LogP contribution >= 0.6 is 11.3 Å². The molecular weight excluding hydrogens is 288 g/mol. The van der Waals surface area contributed by atoms with Gasteiger partial charge >= 0.3 is 0 Å². The third kappa shape index (κ3) is 2.75. The van der Waals surface area contributed by atoms with E-state index in [1.165, 1.54) is 11.3 Å². The summed E-state index contributed by atoms with van der Waals surface area (Å²) in [6, 6.07) is 7.27. The molecule has 21 heavy (non-hydrogen) atoms. The summed E-state index contributed by atoms with van der Waals surface area (Å²) in [4.78, 5) is 16.2. The fraction of sp³-hybridized carbons (Fsp3) is 0.200. The summed E-state index contributed by atoms with van der Waals surface area (Å²) in [6.45, 7) is 2.75. The Bertz CT molecular complexity index is 746. The van der Waals surface area contributed by atoms with Crippen molar-refractivity contribution in [2.45, 2.75) is 13.3 Å². The van der Waals surface area contributed by atoms with Gasteiger partial charge in [0.2, 0.25) is 5.88 Å². The molecule has 3 rings (SSSR count). The van der Waals surface area contributed by atoms with Crippen molar-refractivity contribution in [3.8, 4) is 17.4 Å². The smallest absolute Gasteiger partial charge is 0.250 e. The predicted octanol–water partition coefficient (Wildman–Crippen LogP) is 3.79. The number of aldehydes is 1. The van der Waals surface area contributed by atoms with E-state index >= 15 is 0 Å². The van der Waals surface area contributed by atoms with Crippen LogP contribution in [0.1, 0.15) is 23.8 Å². The highest BCUT2D eigenvalue weighted by Gasteiger charge is 2.14. The molecule has 5 nitrogen and oxygen atoms in total. The minimum absolute atomic E-state index is 0.319. The van der Waals surface area contributed by atoms with Crippen molar-refractivity contribution in [3.05, 3.63) is 41.5 Å². The molecule has 0 N–H and O–H groups in total. The zero-order valence-corrected chi connectivity index (χ0v) is 12.3. The summed E-state index contributed by atoms with van der Waals surface area (Å²) in [5.74, 6) is 1.73. The Labute approximate surface area is 125 Å². The van der Waals surface area contributed by atoms with Gasteiger partial charge in [0.05, 0.1) is 6.61 Å². The van der Waals surface area contributed by atoms with Crippen molar-refractivity contribution in [2.75, 3.05) is 6.61 Å². The Balaban J connectivity index is 1.81. The van der Waals surface area contributed by atoms with Crippen LogP contribution in [-0.2, 0) is 0 Å². The summed E-state index contributed by atoms with van der Waals surface area (Å²) in [5.41, 5.74) is 0.414. The van der Waals surface area contributed by atoms with Gasteiger partial charge in [-0.15, -0.1) is 11.3 Å². The Hall–Kier alpha value is -2.34. The first kappa shape index (κ1) is 13.6. The van der Waals surface area contributed by atoms with Crippen molar-refractivity contribution >= 4 is 22.6 Å². The van der Waals surface area contributed by atoms with Crippen molar-refractivity contribution in [1.82, 2.24) is 9.38 Å². The minimum Gasteiger partial charge on any atom is -0.494 e. The standard InChI is InChI=1S/C15H14N2O3S/c1-2-8-19-11-3-5-12(6-4-11)20-14-13(10-18)17-7-9-21-15(17)16-14/h3-7,9-10H,2,8H2,1H3. The molecule has 0 fully saturated rings. The van der Waals surface area contributed by atoms with Crippen LogP contribution in [0.15, 0.2) is 35.8 Å². The zero-order valence-electron chi connectivity index (χ0n) is 11.5. The molecule has 0 saturated heterocycles. The molecule has 3 aromatic rings. The number of ether oxygens (including phenoxy) is 2. The maximum Gasteiger partial charge on any atom is 0.250 e. The molecule has 2 aromatic heterocycles. The summed E-state index contributed by atoms with van der Waals surface area (Å²) in [6.07, 6.45) is 3.51. The minimum atomic E-state index is 0.319. The first-order valence-electron chi connectivity index (χ1n) is 6.63. The van der Waals surface area contributed by atoms with Crippen LogP contribution in [0, 0.1) is 0 Å². The number of benzene rings is 1. The van der Waals surface area contributed by atoms with E-state index < -0.39 is 0 Å². The second kappa shape index (κ2) is 5.97. The van der Waals surface area contributed by atoms with Crippen molar-refractivity contribution in [3.63, 3.8) is 0 Å². The molecule has 0 amide bonds. The van der Waals surface area contributed by atoms with Gasteiger partial charge in [-0.25, -0.2) is 0 Å². The van der Waals surface area contributed by atoms with Gasteiger partial charge in [-0.1, -0.05) is 6.92 Å². The lowest BCUT2D eigenvalue weighted by atomic mass is 10.3. The van der Waals surface area contributed by atoms with Crippen LogP contribution in [0.4, 0.5) is 0 Å². The van der Waals surface area contributed by atoms with E-state index in [-0.39, 0.29) is 0 Å². The van der Waals surface area contributed by atoms with Crippen LogP contribution < -0.4 is 9.47 Å². The van der Waals surface area contributed by atoms with Crippen LogP contribution in [0.2, 0.25) is 0 Å². The number of hydrogen-bond acceptors (Lipinski definition) is 5. The summed E-state index contributed by atoms with van der Waals surface area (Å²) in [7, 11) is 0. The molecule has 108 valence electrons. The first-order chi connectivity index (χ1) is 10.3. The molecular formula is C15H14N2O3S. The number of carbonyl (C=O) groups excluding carboxylic acids is 1. The van der Waals surface area contributed by atoms with Gasteiger partial charge < -0.3 is 9.47 Å². The van der Waals surface area contributed by atoms with Gasteiger partial charge in [-0.05, 0) is 30.7 Å². The molecule has 1 aromatic carbocycles. The van der Waals surface area contributed by atoms with E-state index in [4.69, 9.17) is 9.47 Å². The Morgan fingerprint density at radius 2 is 2.05 bits per heavy atom. The van der Waals surface area contributed by atoms with E-state index in [2.05, 4.69) is 11.9 Å². The summed E-state index contributed by atoms with van der Waals surface area (Å²) in [5, 5.41) is 1.87. The second-order valence-corrected chi connectivity index (χ2v) is 5.27. The number of carbonyl (C=O) groups is 1. The van der Waals surface area contributed by atoms with Crippen LogP contribution in [0.3, 0.4) is 0 Å². The van der Waals surface area contributed by atoms with E-state index in [0.29, 0.717) is 23.9 Å². The highest BCUT2D eigenvalue weighted by atomic mass is 32.1. The molecule has 0 atom stereocenters. The molecule has 0 unspecified atom stereocenters. The third-order valence-electron chi connectivity index (χ3n) is 2.89. The number of imidazole rings is 1. The maximum absolute atomic E-state index is 11.2. The van der Waals surface area contributed by atoms with E-state index in [9.17, 15) is 4.79 Å². The van der Waals surface area contributed by atoms with Crippen molar-refractivity contribution < 1.29 is 14.3 Å². The fourth-order valence-corrected chi connectivity index (χ4v) is 2.61. The molecule has 0 aliphatic carbocycles. The molecule has 6 heteroatoms. The molecule has 0 saturated carbocycles. The van der Waals surface area contributed by atoms with E-state index in [1.54, 1.807) is 22.7 Å². The lowest BCUT2D eigenvalue weighted by Gasteiger charge is -2.06. The quantitative estimate of drug-likeness (QED) is 0.650. The predicted molar refractivity (Wildman–Crippen MR) is 80.8 cm³/mol. The number of hydrogen-bond donors (Lipinski definition) is 0. The Morgan fingerprint density at radius 1 is 1.29 bits per heavy atom. The summed E-state index contributed by atoms with van der Waals surface area (Å²) >= 11 is 1.45. The van der Waals surface area contributed by atoms with Crippen LogP contribution in [0.25, 0.3) is 4.96 Å². The number of nitrogens with zero attached hydrogens (tertiary/aromatic N) is 2. The molecule has 0 aliphatic rings. The average Bonchev–Trinajstić information content (AvgIpc) is 3.07. The van der Waals surface area contributed by atoms with Crippen molar-refractivity contribution in [2.24, 2.45) is 0 Å². The van der Waals surface area contributed by atoms with Crippen molar-refractivity contribution in [1.29, 1.82) is 0 Å². The van der Waals surface area contributed by atoms with Gasteiger partial charge in [-0.2, -0.15) is 4.98 Å². The van der Waals surface area contributed by atoms with Gasteiger partial charge in [0.25, 0.3) is 0 Å². The van der Waals surface area contributed by atoms with Gasteiger partial charge in [0.1, 0.15) is 11.5 Å². The lowest BCUT2D eigenvalue weighted by molar-refractivity contribution is 0.111. The second-order valence-electron chi connectivity index (χ2n) is 4.40. The number of aromatic nitrogens is 2. The van der Waals surface area contributed by atoms with Crippen LogP contribution in [0.5, 0.6) is 17.4 Å². The van der Waals surface area contributed by atoms with Gasteiger partial charge in [-0.3, -0.25) is 9.20 Å². The van der Waals surface area contributed by atoms with Crippen LogP contribution in [-0.4, -0.2) is 22.3 Å². The Kier molecular flexibility index (Phi) is 3.87. The Morgan fingerprint density at radius 3 is 2.76 bits per heavy atom. The third-order valence-corrected chi connectivity index (χ3v) is 3.64. The zero-order chi connectivity index (χ0) is 14.7. The largest absolute Gasteiger partial charge is 0.494 e. The highest BCUT2D eigenvalue weighted by Crippen LogP contribution is 2.27. The van der Waals surface area contributed by atoms with Gasteiger partial charge in [0, 0.05) is 11.6 Å². The first-order valence-corrected chi connectivity index (χ1v) is 7.51. The van der Waals surface area contributed by atoms with Gasteiger partial charge in [0.15, 0.2) is 16.9 Å². The molecule has 0 aliphatic heterocycles. The maximum atomic E-state index is 11.2. The fourth-order valence-electron chi connectivity index (χ4n) is 1.90. The number of fused-ring (bicyclic) bond motifs is 1. The lowest BCUT2D eigenvalue weighted by Crippen LogP contribution is -1.95. The normalized spacial score (nSPS) is 10.7. The summed E-state index contributed by atoms with van der Waals surface area (Å²) < 4.78 is 12.9. The van der Waals surface area contributed by atoms with E-state index in [1.807, 2.05) is 17.5 Å². The monoisotopic (exact) mass is 302 g/mol. The topological polar surface area (TPSA) is 52.8 Å². The number of rotatable bonds is 6. The molecule has 0 radical (unpaired) electrons. The number of thiazole rings is 1. The SMILES string of the molecule is CCCOc1ccc(Oc2nc3sccn3c2C=O)cc1. The molecule has 0 spiro atoms.